The van der Waals surface area contributed by atoms with Crippen molar-refractivity contribution in [2.45, 2.75) is 0 Å². The van der Waals surface area contributed by atoms with Crippen LogP contribution in [0.15, 0.2) is 42.5 Å². The van der Waals surface area contributed by atoms with Crippen molar-refractivity contribution in [1.29, 1.82) is 0 Å². The maximum absolute atomic E-state index is 13.0. The summed E-state index contributed by atoms with van der Waals surface area (Å²) >= 11 is 0. The first-order chi connectivity index (χ1) is 8.06. The van der Waals surface area contributed by atoms with E-state index in [2.05, 4.69) is 0 Å². The maximum atomic E-state index is 13.0. The third-order valence-electron chi connectivity index (χ3n) is 2.29. The smallest absolute Gasteiger partial charge is 0.126 e. The molecule has 0 saturated carbocycles. The maximum Gasteiger partial charge on any atom is 0.126 e. The molecule has 4 heteroatoms. The van der Waals surface area contributed by atoms with Crippen molar-refractivity contribution >= 4 is 5.97 Å². The van der Waals surface area contributed by atoms with Crippen LogP contribution >= 0.6 is 0 Å². The van der Waals surface area contributed by atoms with E-state index in [1.807, 2.05) is 0 Å². The van der Waals surface area contributed by atoms with Gasteiger partial charge in [0.1, 0.15) is 11.6 Å². The number of carbonyl (C=O) groups is 1. The van der Waals surface area contributed by atoms with E-state index in [1.54, 1.807) is 6.07 Å². The van der Waals surface area contributed by atoms with Crippen LogP contribution in [0.3, 0.4) is 0 Å². The number of halogens is 2. The minimum Gasteiger partial charge on any atom is -0.545 e. The second kappa shape index (κ2) is 4.33. The van der Waals surface area contributed by atoms with E-state index in [-0.39, 0.29) is 11.1 Å². The van der Waals surface area contributed by atoms with Crippen LogP contribution in [0, 0.1) is 11.6 Å². The molecule has 0 radical (unpaired) electrons. The Hall–Kier alpha value is -2.23. The molecule has 2 aromatic rings. The van der Waals surface area contributed by atoms with Crippen molar-refractivity contribution in [1.82, 2.24) is 0 Å². The Labute approximate surface area is 96.1 Å². The standard InChI is InChI=1S/C13H8F2O2/c14-11-5-10(6-12(15)7-11)8-2-1-3-9(4-8)13(16)17/h1-7H,(H,16,17)/p-1. The molecule has 0 unspecified atom stereocenters. The fourth-order valence-corrected chi connectivity index (χ4v) is 1.55. The minimum atomic E-state index is -1.33. The van der Waals surface area contributed by atoms with Crippen molar-refractivity contribution in [3.8, 4) is 11.1 Å². The van der Waals surface area contributed by atoms with Crippen LogP contribution < -0.4 is 5.11 Å². The lowest BCUT2D eigenvalue weighted by molar-refractivity contribution is -0.255. The highest BCUT2D eigenvalue weighted by Gasteiger charge is 2.04. The monoisotopic (exact) mass is 233 g/mol. The van der Waals surface area contributed by atoms with E-state index in [0.29, 0.717) is 5.56 Å². The molecule has 0 aliphatic carbocycles. The number of carbonyl (C=O) groups excluding carboxylic acids is 1. The number of hydrogen-bond acceptors (Lipinski definition) is 2. The van der Waals surface area contributed by atoms with Crippen LogP contribution in [0.5, 0.6) is 0 Å². The molecule has 0 heterocycles. The van der Waals surface area contributed by atoms with Crippen LogP contribution in [0.2, 0.25) is 0 Å². The molecule has 0 aliphatic rings. The Morgan fingerprint density at radius 3 is 2.18 bits per heavy atom. The van der Waals surface area contributed by atoms with Gasteiger partial charge in [0.15, 0.2) is 0 Å². The van der Waals surface area contributed by atoms with Crippen molar-refractivity contribution < 1.29 is 18.7 Å². The molecular weight excluding hydrogens is 226 g/mol. The van der Waals surface area contributed by atoms with Crippen LogP contribution in [-0.4, -0.2) is 5.97 Å². The van der Waals surface area contributed by atoms with Crippen molar-refractivity contribution in [3.05, 3.63) is 59.7 Å². The highest BCUT2D eigenvalue weighted by Crippen LogP contribution is 2.22. The van der Waals surface area contributed by atoms with Crippen LogP contribution in [0.1, 0.15) is 10.4 Å². The van der Waals surface area contributed by atoms with Crippen molar-refractivity contribution in [2.24, 2.45) is 0 Å². The summed E-state index contributed by atoms with van der Waals surface area (Å²) in [6.45, 7) is 0. The van der Waals surface area contributed by atoms with Gasteiger partial charge in [-0.1, -0.05) is 18.2 Å². The predicted molar refractivity (Wildman–Crippen MR) is 56.1 cm³/mol. The van der Waals surface area contributed by atoms with Gasteiger partial charge in [0.2, 0.25) is 0 Å². The summed E-state index contributed by atoms with van der Waals surface area (Å²) < 4.78 is 26.0. The molecule has 2 aromatic carbocycles. The lowest BCUT2D eigenvalue weighted by Crippen LogP contribution is -2.22. The number of benzene rings is 2. The average Bonchev–Trinajstić information content (AvgIpc) is 2.28. The third-order valence-corrected chi connectivity index (χ3v) is 2.29. The molecule has 0 aliphatic heterocycles. The Morgan fingerprint density at radius 1 is 0.941 bits per heavy atom. The molecule has 17 heavy (non-hydrogen) atoms. The Morgan fingerprint density at radius 2 is 1.59 bits per heavy atom. The Balaban J connectivity index is 2.52. The quantitative estimate of drug-likeness (QED) is 0.795. The molecule has 0 aromatic heterocycles. The van der Waals surface area contributed by atoms with Gasteiger partial charge in [-0.15, -0.1) is 0 Å². The average molecular weight is 233 g/mol. The van der Waals surface area contributed by atoms with E-state index in [9.17, 15) is 18.7 Å². The van der Waals surface area contributed by atoms with E-state index in [1.165, 1.54) is 18.2 Å². The summed E-state index contributed by atoms with van der Waals surface area (Å²) in [5.41, 5.74) is 0.669. The topological polar surface area (TPSA) is 40.1 Å². The molecule has 2 nitrogen and oxygen atoms in total. The van der Waals surface area contributed by atoms with Gasteiger partial charge in [0, 0.05) is 6.07 Å². The van der Waals surface area contributed by atoms with E-state index in [4.69, 9.17) is 0 Å². The van der Waals surface area contributed by atoms with Gasteiger partial charge in [0.25, 0.3) is 0 Å². The number of carboxylic acid groups (broad SMARTS) is 1. The summed E-state index contributed by atoms with van der Waals surface area (Å²) in [4.78, 5) is 10.7. The third kappa shape index (κ3) is 2.47. The van der Waals surface area contributed by atoms with Gasteiger partial charge in [0.05, 0.1) is 5.97 Å². The second-order valence-electron chi connectivity index (χ2n) is 3.53. The van der Waals surface area contributed by atoms with Gasteiger partial charge in [-0.25, -0.2) is 8.78 Å². The van der Waals surface area contributed by atoms with Gasteiger partial charge in [-0.05, 0) is 34.9 Å². The highest BCUT2D eigenvalue weighted by atomic mass is 19.1. The lowest BCUT2D eigenvalue weighted by Gasteiger charge is -2.06. The second-order valence-corrected chi connectivity index (χ2v) is 3.53. The molecule has 0 spiro atoms. The molecule has 2 rings (SSSR count). The molecular formula is C13H7F2O2-. The largest absolute Gasteiger partial charge is 0.545 e. The summed E-state index contributed by atoms with van der Waals surface area (Å²) in [7, 11) is 0. The Kier molecular flexibility index (Phi) is 2.87. The van der Waals surface area contributed by atoms with E-state index in [0.717, 1.165) is 18.2 Å². The zero-order valence-corrected chi connectivity index (χ0v) is 8.61. The number of hydrogen-bond donors (Lipinski definition) is 0. The van der Waals surface area contributed by atoms with Gasteiger partial charge in [-0.2, -0.15) is 0 Å². The summed E-state index contributed by atoms with van der Waals surface area (Å²) in [6, 6.07) is 8.75. The molecule has 0 amide bonds. The van der Waals surface area contributed by atoms with Crippen molar-refractivity contribution in [2.75, 3.05) is 0 Å². The number of rotatable bonds is 2. The summed E-state index contributed by atoms with van der Waals surface area (Å²) in [6.07, 6.45) is 0. The van der Waals surface area contributed by atoms with Gasteiger partial charge < -0.3 is 9.90 Å². The number of aromatic carboxylic acids is 1. The predicted octanol–water partition coefficient (Wildman–Crippen LogP) is 2.00. The van der Waals surface area contributed by atoms with Gasteiger partial charge in [-0.3, -0.25) is 0 Å². The van der Waals surface area contributed by atoms with Crippen LogP contribution in [0.25, 0.3) is 11.1 Å². The van der Waals surface area contributed by atoms with Crippen LogP contribution in [-0.2, 0) is 0 Å². The van der Waals surface area contributed by atoms with Crippen molar-refractivity contribution in [3.63, 3.8) is 0 Å². The molecule has 0 atom stereocenters. The van der Waals surface area contributed by atoms with Crippen LogP contribution in [0.4, 0.5) is 8.78 Å². The Bertz CT molecular complexity index is 559. The zero-order chi connectivity index (χ0) is 12.4. The van der Waals surface area contributed by atoms with E-state index < -0.39 is 17.6 Å². The summed E-state index contributed by atoms with van der Waals surface area (Å²) in [5, 5.41) is 10.7. The first kappa shape index (κ1) is 11.3. The molecule has 0 saturated heterocycles. The first-order valence-electron chi connectivity index (χ1n) is 4.84. The van der Waals surface area contributed by atoms with Gasteiger partial charge >= 0.3 is 0 Å². The minimum absolute atomic E-state index is 0.0350. The zero-order valence-electron chi connectivity index (χ0n) is 8.61. The van der Waals surface area contributed by atoms with E-state index >= 15 is 0 Å². The highest BCUT2D eigenvalue weighted by molar-refractivity contribution is 5.87. The lowest BCUT2D eigenvalue weighted by atomic mass is 10.0. The normalized spacial score (nSPS) is 10.2. The first-order valence-corrected chi connectivity index (χ1v) is 4.84. The fraction of sp³-hybridized carbons (Fsp3) is 0. The summed E-state index contributed by atoms with van der Waals surface area (Å²) in [5.74, 6) is -2.75. The molecule has 0 bridgehead atoms. The molecule has 0 N–H and O–H groups in total. The number of carboxylic acids is 1. The fourth-order valence-electron chi connectivity index (χ4n) is 1.55. The SMILES string of the molecule is O=C([O-])c1cccc(-c2cc(F)cc(F)c2)c1. The molecule has 86 valence electrons. The molecule has 0 fully saturated rings.